The molecule has 14 nitrogen and oxygen atoms in total. The van der Waals surface area contributed by atoms with Crippen LogP contribution in [0.15, 0.2) is 58.8 Å². The second-order valence-electron chi connectivity index (χ2n) is 20.1. The van der Waals surface area contributed by atoms with Crippen LogP contribution in [0.2, 0.25) is 0 Å². The van der Waals surface area contributed by atoms with Crippen molar-refractivity contribution in [2.45, 2.75) is 128 Å². The molecule has 2 saturated heterocycles. The number of alkyl halides is 2. The van der Waals surface area contributed by atoms with Crippen molar-refractivity contribution in [2.75, 3.05) is 20.8 Å². The van der Waals surface area contributed by atoms with E-state index in [9.17, 15) is 19.2 Å². The first kappa shape index (κ1) is 43.1. The number of benzene rings is 1. The Labute approximate surface area is 376 Å². The van der Waals surface area contributed by atoms with Gasteiger partial charge in [0.2, 0.25) is 11.8 Å². The van der Waals surface area contributed by atoms with Gasteiger partial charge >= 0.3 is 12.2 Å². The van der Waals surface area contributed by atoms with Gasteiger partial charge in [-0.25, -0.2) is 19.6 Å². The predicted octanol–water partition coefficient (Wildman–Crippen LogP) is 8.45. The van der Waals surface area contributed by atoms with E-state index in [0.717, 1.165) is 77.4 Å². The molecule has 4 N–H and O–H groups in total. The molecule has 6 atom stereocenters. The SMILES string of the molecule is COC(=O)N[C@H](C(=O)N1CC2(CC2)C[C@H]1c1ncc(C2=CC3=C(CC2)C2=C(C=C(c4ccc5nc([C@@H]6[C@H]7CC[C@H](C7)N6C(=O)[C@@H](NC(=O)OC)C(C)C)[nH]c5c4)CC2)C3(F)F)[nH]1)C(C)C. The zero-order valence-corrected chi connectivity index (χ0v) is 37.9. The van der Waals surface area contributed by atoms with Crippen molar-refractivity contribution in [3.8, 4) is 0 Å². The van der Waals surface area contributed by atoms with Gasteiger partial charge in [0.15, 0.2) is 0 Å². The lowest BCUT2D eigenvalue weighted by Crippen LogP contribution is -2.54. The van der Waals surface area contributed by atoms with Gasteiger partial charge in [-0.15, -0.1) is 0 Å². The summed E-state index contributed by atoms with van der Waals surface area (Å²) >= 11 is 0. The molecule has 0 radical (unpaired) electrons. The molecule has 65 heavy (non-hydrogen) atoms. The van der Waals surface area contributed by atoms with Crippen molar-refractivity contribution in [3.63, 3.8) is 0 Å². The number of ether oxygens (including phenoxy) is 2. The number of alkyl carbamates (subject to hydrolysis) is 2. The standard InChI is InChI=1S/C49H58F2N8O6/c1-24(2)39(56-46(62)64-5)44(60)58-23-48(15-16-48)21-38(58)42-52-22-37(55-42)28-9-13-32-31-12-8-26(18-33(31)49(50,51)34(32)19-28)27-10-14-35-36(20-27)54-43(53-35)41-29-7-11-30(17-29)59(41)45(61)40(25(3)4)57-47(63)65-6/h10,14,18-20,22,24-25,29-30,38-41H,7-9,11-13,15-17,21,23H2,1-6H3,(H,52,55)(H,53,54)(H,56,62)(H,57,63)/t29-,30+,38-,39-,40-,41-/m0/s1. The molecule has 0 unspecified atom stereocenters. The maximum absolute atomic E-state index is 16.7. The fourth-order valence-electron chi connectivity index (χ4n) is 11.7. The fraction of sp³-hybridized carbons (Fsp3) is 0.551. The summed E-state index contributed by atoms with van der Waals surface area (Å²) < 4.78 is 43.1. The number of nitrogens with one attached hydrogen (secondary N) is 4. The summed E-state index contributed by atoms with van der Waals surface area (Å²) in [5.74, 6) is -2.28. The van der Waals surface area contributed by atoms with Crippen LogP contribution in [0, 0.1) is 23.2 Å². The maximum atomic E-state index is 16.7. The molecule has 10 rings (SSSR count). The number of H-pyrrole nitrogens is 2. The number of fused-ring (bicyclic) bond motifs is 4. The van der Waals surface area contributed by atoms with E-state index < -0.39 is 30.2 Å². The summed E-state index contributed by atoms with van der Waals surface area (Å²) in [5, 5.41) is 5.46. The average molecular weight is 893 g/mol. The van der Waals surface area contributed by atoms with Gasteiger partial charge in [0.25, 0.3) is 5.92 Å². The number of allylic oxidation sites excluding steroid dienone is 8. The smallest absolute Gasteiger partial charge is 0.407 e. The second-order valence-corrected chi connectivity index (χ2v) is 20.1. The molecule has 2 saturated carbocycles. The van der Waals surface area contributed by atoms with Crippen LogP contribution in [0.4, 0.5) is 18.4 Å². The number of carbonyl (C=O) groups excluding carboxylic acids is 4. The van der Waals surface area contributed by atoms with Gasteiger partial charge in [0, 0.05) is 23.7 Å². The fourth-order valence-corrected chi connectivity index (χ4v) is 11.7. The summed E-state index contributed by atoms with van der Waals surface area (Å²) in [4.78, 5) is 72.9. The number of halogens is 2. The Bertz CT molecular complexity index is 2620. The van der Waals surface area contributed by atoms with E-state index in [1.807, 2.05) is 55.7 Å². The molecule has 5 aliphatic carbocycles. The van der Waals surface area contributed by atoms with E-state index in [1.54, 1.807) is 18.3 Å². The van der Waals surface area contributed by atoms with Crippen LogP contribution in [0.25, 0.3) is 22.2 Å². The number of aromatic amines is 2. The van der Waals surface area contributed by atoms with E-state index in [4.69, 9.17) is 19.4 Å². The highest BCUT2D eigenvalue weighted by Crippen LogP contribution is 2.59. The molecule has 7 aliphatic rings. The molecule has 1 aromatic carbocycles. The highest BCUT2D eigenvalue weighted by atomic mass is 19.3. The zero-order chi connectivity index (χ0) is 45.7. The lowest BCUT2D eigenvalue weighted by Gasteiger charge is -2.37. The van der Waals surface area contributed by atoms with E-state index in [-0.39, 0.29) is 64.3 Å². The molecule has 4 fully saturated rings. The molecule has 4 amide bonds. The van der Waals surface area contributed by atoms with Gasteiger partial charge in [-0.1, -0.05) is 33.8 Å². The summed E-state index contributed by atoms with van der Waals surface area (Å²) in [6, 6.07) is 3.81. The van der Waals surface area contributed by atoms with Gasteiger partial charge in [0.05, 0.1) is 49.2 Å². The van der Waals surface area contributed by atoms with E-state index in [1.165, 1.54) is 14.2 Å². The van der Waals surface area contributed by atoms with Crippen LogP contribution in [-0.4, -0.2) is 98.5 Å². The van der Waals surface area contributed by atoms with E-state index >= 15 is 8.78 Å². The number of likely N-dealkylation sites (tertiary alicyclic amines) is 2. The number of amides is 4. The van der Waals surface area contributed by atoms with Crippen LogP contribution >= 0.6 is 0 Å². The highest BCUT2D eigenvalue weighted by molar-refractivity contribution is 5.88. The number of imidazole rings is 2. The topological polar surface area (TPSA) is 175 Å². The number of aromatic nitrogens is 4. The Balaban J connectivity index is 0.875. The number of hydrogen-bond acceptors (Lipinski definition) is 8. The first-order valence-electron chi connectivity index (χ1n) is 23.2. The lowest BCUT2D eigenvalue weighted by atomic mass is 9.85. The third-order valence-corrected chi connectivity index (χ3v) is 15.4. The van der Waals surface area contributed by atoms with Gasteiger partial charge in [-0.2, -0.15) is 8.78 Å². The zero-order valence-electron chi connectivity index (χ0n) is 37.9. The first-order valence-corrected chi connectivity index (χ1v) is 23.2. The maximum Gasteiger partial charge on any atom is 0.407 e. The number of hydrogen-bond donors (Lipinski definition) is 4. The Morgan fingerprint density at radius 3 is 2.12 bits per heavy atom. The Morgan fingerprint density at radius 2 is 1.48 bits per heavy atom. The molecule has 2 aliphatic heterocycles. The molecule has 16 heteroatoms. The highest BCUT2D eigenvalue weighted by Gasteiger charge is 2.56. The molecular formula is C49H58F2N8O6. The van der Waals surface area contributed by atoms with E-state index in [0.29, 0.717) is 49.6 Å². The molecule has 1 spiro atoms. The van der Waals surface area contributed by atoms with Crippen molar-refractivity contribution < 1.29 is 37.4 Å². The minimum atomic E-state index is -3.18. The quantitative estimate of drug-likeness (QED) is 0.157. The summed E-state index contributed by atoms with van der Waals surface area (Å²) in [7, 11) is 2.56. The van der Waals surface area contributed by atoms with Crippen LogP contribution in [0.3, 0.4) is 0 Å². The lowest BCUT2D eigenvalue weighted by molar-refractivity contribution is -0.139. The van der Waals surface area contributed by atoms with Crippen LogP contribution in [0.5, 0.6) is 0 Å². The van der Waals surface area contributed by atoms with Crippen LogP contribution in [-0.2, 0) is 19.1 Å². The van der Waals surface area contributed by atoms with Crippen LogP contribution in [0.1, 0.15) is 127 Å². The molecule has 344 valence electrons. The third-order valence-electron chi connectivity index (χ3n) is 15.4. The van der Waals surface area contributed by atoms with Crippen molar-refractivity contribution in [3.05, 3.63) is 81.7 Å². The number of methoxy groups -OCH3 is 2. The summed E-state index contributed by atoms with van der Waals surface area (Å²) in [6.45, 7) is 8.15. The Morgan fingerprint density at radius 1 is 0.831 bits per heavy atom. The monoisotopic (exact) mass is 892 g/mol. The normalized spacial score (nSPS) is 25.8. The van der Waals surface area contributed by atoms with Gasteiger partial charge in [-0.3, -0.25) is 9.59 Å². The predicted molar refractivity (Wildman–Crippen MR) is 238 cm³/mol. The van der Waals surface area contributed by atoms with Crippen molar-refractivity contribution >= 4 is 46.2 Å². The number of nitrogens with zero attached hydrogens (tertiary/aromatic N) is 4. The third kappa shape index (κ3) is 7.34. The van der Waals surface area contributed by atoms with Crippen molar-refractivity contribution in [1.82, 2.24) is 40.4 Å². The van der Waals surface area contributed by atoms with Gasteiger partial charge in [0.1, 0.15) is 23.7 Å². The second kappa shape index (κ2) is 16.0. The average Bonchev–Trinajstić information content (AvgIpc) is 3.95. The summed E-state index contributed by atoms with van der Waals surface area (Å²) in [5.41, 5.74) is 6.21. The molecule has 4 heterocycles. The molecule has 2 aromatic heterocycles. The molecule has 2 bridgehead atoms. The van der Waals surface area contributed by atoms with Crippen molar-refractivity contribution in [2.24, 2.45) is 23.2 Å². The Kier molecular flexibility index (Phi) is 10.6. The number of carbonyl (C=O) groups is 4. The Hall–Kier alpha value is -5.80. The molecule has 3 aromatic rings. The van der Waals surface area contributed by atoms with Crippen molar-refractivity contribution in [1.29, 1.82) is 0 Å². The number of rotatable bonds is 10. The first-order chi connectivity index (χ1) is 31.1. The largest absolute Gasteiger partial charge is 0.453 e. The van der Waals surface area contributed by atoms with Gasteiger partial charge < -0.3 is 39.9 Å². The number of piperidine rings is 1. The van der Waals surface area contributed by atoms with Gasteiger partial charge in [-0.05, 0) is 140 Å². The summed E-state index contributed by atoms with van der Waals surface area (Å²) in [6.07, 6.45) is 11.4. The minimum Gasteiger partial charge on any atom is -0.453 e. The van der Waals surface area contributed by atoms with Crippen LogP contribution < -0.4 is 10.6 Å². The minimum absolute atomic E-state index is 0.0306. The van der Waals surface area contributed by atoms with E-state index in [2.05, 4.69) is 20.6 Å². The molecular weight excluding hydrogens is 835 g/mol.